The van der Waals surface area contributed by atoms with E-state index in [1.165, 1.54) is 11.1 Å². The molecule has 0 bridgehead atoms. The number of hydrogen-bond donors (Lipinski definition) is 2. The molecule has 2 rings (SSSR count). The molecule has 0 spiro atoms. The SMILES string of the molecule is CC(C)(C)c1cc(C(C)(C)C)c(O[Si](O)(O)Oc2c(C(C)(C)C)cc(C(C)(C)C)cc2C(C)(C)C)c(C(C)(C)C)c1. The van der Waals surface area contributed by atoms with E-state index in [0.717, 1.165) is 22.3 Å². The molecule has 2 aromatic rings. The molecule has 5 heteroatoms. The largest absolute Gasteiger partial charge is 0.815 e. The molecule has 0 aromatic heterocycles. The molecule has 0 fully saturated rings. The summed E-state index contributed by atoms with van der Waals surface area (Å²) in [5.41, 5.74) is 4.75. The Hall–Kier alpha value is -1.82. The van der Waals surface area contributed by atoms with Crippen molar-refractivity contribution >= 4 is 9.05 Å². The Morgan fingerprint density at radius 3 is 0.732 bits per heavy atom. The van der Waals surface area contributed by atoms with Crippen LogP contribution in [0.25, 0.3) is 0 Å². The monoisotopic (exact) mass is 584 g/mol. The molecule has 0 aliphatic carbocycles. The molecule has 0 radical (unpaired) electrons. The third-order valence-corrected chi connectivity index (χ3v) is 8.55. The van der Waals surface area contributed by atoms with Gasteiger partial charge >= 0.3 is 9.05 Å². The molecule has 0 aliphatic rings. The van der Waals surface area contributed by atoms with Crippen molar-refractivity contribution in [3.8, 4) is 11.5 Å². The van der Waals surface area contributed by atoms with Crippen LogP contribution in [0.4, 0.5) is 0 Å². The van der Waals surface area contributed by atoms with Gasteiger partial charge in [-0.25, -0.2) is 0 Å². The quantitative estimate of drug-likeness (QED) is 0.352. The van der Waals surface area contributed by atoms with E-state index in [4.69, 9.17) is 8.85 Å². The first-order valence-electron chi connectivity index (χ1n) is 15.1. The fraction of sp³-hybridized carbons (Fsp3) is 0.667. The van der Waals surface area contributed by atoms with Gasteiger partial charge in [0.1, 0.15) is 11.5 Å². The van der Waals surface area contributed by atoms with Crippen LogP contribution in [0.1, 0.15) is 158 Å². The first kappa shape index (κ1) is 35.4. The maximum absolute atomic E-state index is 11.7. The number of rotatable bonds is 4. The molecular formula is C36H60O4Si. The highest BCUT2D eigenvalue weighted by molar-refractivity contribution is 6.52. The van der Waals surface area contributed by atoms with Crippen LogP contribution in [0, 0.1) is 0 Å². The van der Waals surface area contributed by atoms with Crippen molar-refractivity contribution in [3.63, 3.8) is 0 Å². The highest BCUT2D eigenvalue weighted by Gasteiger charge is 2.47. The lowest BCUT2D eigenvalue weighted by molar-refractivity contribution is 0.134. The fourth-order valence-electron chi connectivity index (χ4n) is 4.86. The van der Waals surface area contributed by atoms with E-state index >= 15 is 0 Å². The molecule has 0 unspecified atom stereocenters. The molecule has 0 saturated carbocycles. The molecule has 41 heavy (non-hydrogen) atoms. The minimum Gasteiger partial charge on any atom is -0.471 e. The smallest absolute Gasteiger partial charge is 0.471 e. The van der Waals surface area contributed by atoms with Gasteiger partial charge in [0.25, 0.3) is 0 Å². The summed E-state index contributed by atoms with van der Waals surface area (Å²) in [6, 6.07) is 8.64. The molecule has 2 aromatic carbocycles. The summed E-state index contributed by atoms with van der Waals surface area (Å²) in [4.78, 5) is 23.4. The third-order valence-electron chi connectivity index (χ3n) is 7.61. The summed E-state index contributed by atoms with van der Waals surface area (Å²) >= 11 is 0. The van der Waals surface area contributed by atoms with Crippen LogP contribution in [0.15, 0.2) is 24.3 Å². The molecule has 0 aliphatic heterocycles. The molecule has 0 atom stereocenters. The van der Waals surface area contributed by atoms with Crippen LogP contribution in [-0.4, -0.2) is 18.6 Å². The van der Waals surface area contributed by atoms with Crippen LogP contribution in [0.5, 0.6) is 11.5 Å². The number of hydrogen-bond acceptors (Lipinski definition) is 4. The van der Waals surface area contributed by atoms with E-state index in [1.807, 2.05) is 0 Å². The fourth-order valence-corrected chi connectivity index (χ4v) is 5.87. The van der Waals surface area contributed by atoms with E-state index in [2.05, 4.69) is 149 Å². The van der Waals surface area contributed by atoms with Crippen molar-refractivity contribution in [2.24, 2.45) is 0 Å². The lowest BCUT2D eigenvalue weighted by Gasteiger charge is -2.36. The molecule has 0 saturated heterocycles. The van der Waals surface area contributed by atoms with Gasteiger partial charge in [0.05, 0.1) is 0 Å². The van der Waals surface area contributed by atoms with Crippen molar-refractivity contribution in [1.29, 1.82) is 0 Å². The van der Waals surface area contributed by atoms with Gasteiger partial charge in [-0.1, -0.05) is 149 Å². The molecule has 2 N–H and O–H groups in total. The van der Waals surface area contributed by atoms with Gasteiger partial charge in [-0.2, -0.15) is 0 Å². The van der Waals surface area contributed by atoms with E-state index in [0.29, 0.717) is 11.5 Å². The normalized spacial score (nSPS) is 14.3. The van der Waals surface area contributed by atoms with Crippen molar-refractivity contribution in [1.82, 2.24) is 0 Å². The van der Waals surface area contributed by atoms with E-state index < -0.39 is 9.05 Å². The van der Waals surface area contributed by atoms with Crippen LogP contribution in [0.2, 0.25) is 0 Å². The van der Waals surface area contributed by atoms with E-state index in [1.54, 1.807) is 0 Å². The van der Waals surface area contributed by atoms with Gasteiger partial charge in [-0.3, -0.25) is 0 Å². The molecule has 0 heterocycles. The van der Waals surface area contributed by atoms with Crippen molar-refractivity contribution in [3.05, 3.63) is 57.6 Å². The average molecular weight is 585 g/mol. The number of benzene rings is 2. The maximum atomic E-state index is 11.7. The van der Waals surface area contributed by atoms with Crippen LogP contribution < -0.4 is 8.85 Å². The molecular weight excluding hydrogens is 524 g/mol. The van der Waals surface area contributed by atoms with Gasteiger partial charge in [0.15, 0.2) is 0 Å². The first-order valence-corrected chi connectivity index (χ1v) is 16.8. The zero-order chi connectivity index (χ0) is 32.4. The third kappa shape index (κ3) is 8.61. The van der Waals surface area contributed by atoms with Gasteiger partial charge in [0.2, 0.25) is 0 Å². The highest BCUT2D eigenvalue weighted by atomic mass is 28.4. The zero-order valence-electron chi connectivity index (χ0n) is 29.5. The molecule has 232 valence electrons. The van der Waals surface area contributed by atoms with Crippen molar-refractivity contribution < 1.29 is 18.4 Å². The summed E-state index contributed by atoms with van der Waals surface area (Å²) in [5, 5.41) is 0. The average Bonchev–Trinajstić information content (AvgIpc) is 2.68. The Labute approximate surface area is 253 Å². The summed E-state index contributed by atoms with van der Waals surface area (Å²) in [6.07, 6.45) is 0. The Morgan fingerprint density at radius 2 is 0.585 bits per heavy atom. The van der Waals surface area contributed by atoms with Gasteiger partial charge in [-0.05, 0) is 65.9 Å². The standard InChI is InChI=1S/C36H60O4Si/c1-31(2,3)23-19-25(33(7,8)9)29(26(20-23)34(10,11)12)39-41(37,38)40-30-27(35(13,14)15)21-24(32(4,5)6)22-28(30)36(16,17)18/h19-22,37-38H,1-18H3. The topological polar surface area (TPSA) is 58.9 Å². The minimum atomic E-state index is -4.75. The Bertz CT molecular complexity index is 1080. The highest BCUT2D eigenvalue weighted by Crippen LogP contribution is 2.46. The molecule has 0 amide bonds. The summed E-state index contributed by atoms with van der Waals surface area (Å²) in [5.74, 6) is 1.02. The second kappa shape index (κ2) is 10.7. The zero-order valence-corrected chi connectivity index (χ0v) is 30.5. The van der Waals surface area contributed by atoms with Gasteiger partial charge in [0, 0.05) is 0 Å². The minimum absolute atomic E-state index is 0.0833. The Morgan fingerprint density at radius 1 is 0.390 bits per heavy atom. The van der Waals surface area contributed by atoms with Crippen LogP contribution in [-0.2, 0) is 32.5 Å². The predicted octanol–water partition coefficient (Wildman–Crippen LogP) is 9.35. The van der Waals surface area contributed by atoms with E-state index in [9.17, 15) is 9.59 Å². The Kier molecular flexibility index (Phi) is 9.24. The second-order valence-corrected chi connectivity index (χ2v) is 19.6. The van der Waals surface area contributed by atoms with Gasteiger partial charge < -0.3 is 18.4 Å². The first-order chi connectivity index (χ1) is 17.9. The van der Waals surface area contributed by atoms with Gasteiger partial charge in [-0.15, -0.1) is 0 Å². The van der Waals surface area contributed by atoms with Crippen LogP contribution >= 0.6 is 0 Å². The molecule has 4 nitrogen and oxygen atoms in total. The maximum Gasteiger partial charge on any atom is 0.815 e. The van der Waals surface area contributed by atoms with Crippen molar-refractivity contribution in [2.75, 3.05) is 0 Å². The lowest BCUT2D eigenvalue weighted by Crippen LogP contribution is -2.51. The summed E-state index contributed by atoms with van der Waals surface area (Å²) in [7, 11) is -4.75. The Balaban J connectivity index is 2.89. The van der Waals surface area contributed by atoms with E-state index in [-0.39, 0.29) is 32.5 Å². The summed E-state index contributed by atoms with van der Waals surface area (Å²) in [6.45, 7) is 38.8. The lowest BCUT2D eigenvalue weighted by atomic mass is 9.75. The van der Waals surface area contributed by atoms with Crippen LogP contribution in [0.3, 0.4) is 0 Å². The predicted molar refractivity (Wildman–Crippen MR) is 177 cm³/mol. The second-order valence-electron chi connectivity index (χ2n) is 18.1. The van der Waals surface area contributed by atoms with Crippen molar-refractivity contribution in [2.45, 2.75) is 157 Å². The summed E-state index contributed by atoms with van der Waals surface area (Å²) < 4.78 is 12.7.